The van der Waals surface area contributed by atoms with Gasteiger partial charge in [0.2, 0.25) is 0 Å². The standard InChI is InChI=1S/C12H22.C11H22.C9H18.C8H18.C7H16.3C6H14.C5H12.C4H10.2C3H8.C2H6/c1-11-5-9-12(10-6-11)7-3-2-4-8-12;1-9-6-10(2,3)8-11(4,5)7-9;1-8-4-6-9(2,3)7-5-8;1-6(2)8(5)7(3)4;1-5-7(3,4)6-2;1-5-6(2,3)4;1-5(2)6(3)4;1-4-6(3)5-2;1-4-5(2)3;1-3-4-2;2*1-3-2;1-2/h11H,2-10H2,1H3;9H,6-8H2,1-5H3;8H,4-7H2,1-3H3;6-8H,1-5H3;5-6H2,1-4H3;5H2,1-4H3;5-6H,1-4H3;6H,4-5H2,1-3H3;5H,4H2,1-3H3;3-4H2,1-2H3;2*3H2,1-2H3;1-2H3. The van der Waals surface area contributed by atoms with E-state index in [1.807, 2.05) is 13.8 Å². The second kappa shape index (κ2) is 61.2. The van der Waals surface area contributed by atoms with Crippen molar-refractivity contribution in [3.63, 3.8) is 0 Å². The van der Waals surface area contributed by atoms with Crippen molar-refractivity contribution >= 4 is 0 Å². The van der Waals surface area contributed by atoms with E-state index in [0.29, 0.717) is 27.1 Å². The lowest BCUT2D eigenvalue weighted by Gasteiger charge is -2.44. The Morgan fingerprint density at radius 1 is 0.378 bits per heavy atom. The predicted octanol–water partition coefficient (Wildman–Crippen LogP) is 31.9. The number of hydrogen-bond donors (Lipinski definition) is 0. The third kappa shape index (κ3) is 82.1. The molecule has 4 aliphatic rings. The third-order valence-electron chi connectivity index (χ3n) is 18.8. The van der Waals surface area contributed by atoms with E-state index >= 15 is 0 Å². The van der Waals surface area contributed by atoms with Gasteiger partial charge in [-0.05, 0) is 149 Å². The van der Waals surface area contributed by atoms with Crippen molar-refractivity contribution in [2.45, 2.75) is 444 Å². The molecule has 0 saturated heterocycles. The molecule has 0 nitrogen and oxygen atoms in total. The van der Waals surface area contributed by atoms with E-state index in [1.165, 1.54) is 141 Å². The summed E-state index contributed by atoms with van der Waals surface area (Å²) < 4.78 is 0. The SMILES string of the molecule is CC.CC(C)C(C)C.CC(C)C(C)C(C)C.CC1CC(C)(C)CC(C)(C)C1.CC1CCC(C)(C)CC1.CC1CCC2(CCCCC2)CC1.CCC.CCC.CCC(C)(C)C.CCC(C)(C)CC.CCC(C)C.CCC(C)CC.CCCC. The highest BCUT2D eigenvalue weighted by molar-refractivity contribution is 4.88. The maximum Gasteiger partial charge on any atom is -0.0297 e. The van der Waals surface area contributed by atoms with E-state index < -0.39 is 0 Å². The average molecular weight is 1170 g/mol. The molecular formula is C82H182. The van der Waals surface area contributed by atoms with Gasteiger partial charge >= 0.3 is 0 Å². The van der Waals surface area contributed by atoms with Gasteiger partial charge in [0.05, 0.1) is 0 Å². The van der Waals surface area contributed by atoms with Crippen LogP contribution in [0.5, 0.6) is 0 Å². The Bertz CT molecular complexity index is 1090. The van der Waals surface area contributed by atoms with Crippen LogP contribution in [-0.2, 0) is 0 Å². The minimum Gasteiger partial charge on any atom is -0.0683 e. The Hall–Kier alpha value is 0. The highest BCUT2D eigenvalue weighted by atomic mass is 14.4. The molecule has 0 bridgehead atoms. The molecule has 0 aromatic heterocycles. The molecular weight excluding hydrogens is 985 g/mol. The van der Waals surface area contributed by atoms with Crippen molar-refractivity contribution in [2.75, 3.05) is 0 Å². The maximum atomic E-state index is 2.43. The van der Waals surface area contributed by atoms with Gasteiger partial charge in [0, 0.05) is 0 Å². The third-order valence-corrected chi connectivity index (χ3v) is 18.8. The van der Waals surface area contributed by atoms with Crippen molar-refractivity contribution < 1.29 is 0 Å². The van der Waals surface area contributed by atoms with Gasteiger partial charge in [-0.15, -0.1) is 0 Å². The molecule has 4 aliphatic carbocycles. The zero-order chi connectivity index (χ0) is 67.2. The van der Waals surface area contributed by atoms with Crippen LogP contribution in [0.2, 0.25) is 0 Å². The summed E-state index contributed by atoms with van der Waals surface area (Å²) in [6.45, 7) is 90.3. The second-order valence-electron chi connectivity index (χ2n) is 33.4. The summed E-state index contributed by atoms with van der Waals surface area (Å²) in [5.41, 5.74) is 3.79. The Morgan fingerprint density at radius 2 is 0.659 bits per heavy atom. The number of rotatable bonds is 9. The topological polar surface area (TPSA) is 0 Å². The first kappa shape index (κ1) is 101. The molecule has 0 aromatic carbocycles. The molecule has 82 heavy (non-hydrogen) atoms. The monoisotopic (exact) mass is 1170 g/mol. The molecule has 4 fully saturated rings. The summed E-state index contributed by atoms with van der Waals surface area (Å²) in [5.74, 6) is 9.03. The average Bonchev–Trinajstić information content (AvgIpc) is 3.39. The maximum absolute atomic E-state index is 2.43. The quantitative estimate of drug-likeness (QED) is 0.216. The van der Waals surface area contributed by atoms with E-state index in [1.54, 1.807) is 25.7 Å². The van der Waals surface area contributed by atoms with E-state index in [2.05, 4.69) is 263 Å². The van der Waals surface area contributed by atoms with E-state index in [0.717, 1.165) is 64.6 Å². The van der Waals surface area contributed by atoms with Gasteiger partial charge in [-0.1, -0.05) is 386 Å². The zero-order valence-corrected chi connectivity index (χ0v) is 67.2. The van der Waals surface area contributed by atoms with Gasteiger partial charge in [0.1, 0.15) is 0 Å². The van der Waals surface area contributed by atoms with Crippen LogP contribution in [0.4, 0.5) is 0 Å². The second-order valence-corrected chi connectivity index (χ2v) is 33.4. The highest BCUT2D eigenvalue weighted by Gasteiger charge is 2.37. The Morgan fingerprint density at radius 3 is 0.805 bits per heavy atom. The molecule has 0 N–H and O–H groups in total. The smallest absolute Gasteiger partial charge is 0.0297 e. The first-order chi connectivity index (χ1) is 37.4. The summed E-state index contributed by atoms with van der Waals surface area (Å²) >= 11 is 0. The van der Waals surface area contributed by atoms with E-state index in [9.17, 15) is 0 Å². The molecule has 0 radical (unpaired) electrons. The fraction of sp³-hybridized carbons (Fsp3) is 1.00. The molecule has 0 unspecified atom stereocenters. The van der Waals surface area contributed by atoms with Crippen molar-refractivity contribution in [3.8, 4) is 0 Å². The van der Waals surface area contributed by atoms with Gasteiger partial charge in [-0.2, -0.15) is 0 Å². The Labute approximate surface area is 532 Å². The normalized spacial score (nSPS) is 17.7. The lowest BCUT2D eigenvalue weighted by atomic mass is 9.62. The lowest BCUT2D eigenvalue weighted by molar-refractivity contribution is 0.0754. The molecule has 0 heteroatoms. The minimum absolute atomic E-state index is 0.542. The Kier molecular flexibility index (Phi) is 75.4. The molecule has 4 saturated carbocycles. The van der Waals surface area contributed by atoms with Crippen LogP contribution in [0, 0.1) is 91.7 Å². The zero-order valence-electron chi connectivity index (χ0n) is 67.2. The summed E-state index contributed by atoms with van der Waals surface area (Å²) in [6, 6.07) is 0. The molecule has 0 atom stereocenters. The van der Waals surface area contributed by atoms with Crippen LogP contribution >= 0.6 is 0 Å². The van der Waals surface area contributed by atoms with Crippen LogP contribution < -0.4 is 0 Å². The van der Waals surface area contributed by atoms with Gasteiger partial charge in [-0.3, -0.25) is 0 Å². The van der Waals surface area contributed by atoms with Gasteiger partial charge < -0.3 is 0 Å². The summed E-state index contributed by atoms with van der Waals surface area (Å²) in [6.07, 6.45) is 36.8. The van der Waals surface area contributed by atoms with Gasteiger partial charge in [-0.25, -0.2) is 0 Å². The molecule has 510 valence electrons. The molecule has 1 spiro atoms. The van der Waals surface area contributed by atoms with Gasteiger partial charge in [0.15, 0.2) is 0 Å². The van der Waals surface area contributed by atoms with Crippen LogP contribution in [0.1, 0.15) is 444 Å². The Balaban J connectivity index is -0.000000103. The molecule has 0 aliphatic heterocycles. The first-order valence-corrected chi connectivity index (χ1v) is 37.4. The fourth-order valence-corrected chi connectivity index (χ4v) is 9.43. The fourth-order valence-electron chi connectivity index (χ4n) is 9.43. The minimum atomic E-state index is 0.542. The predicted molar refractivity (Wildman–Crippen MR) is 397 cm³/mol. The van der Waals surface area contributed by atoms with Crippen molar-refractivity contribution in [3.05, 3.63) is 0 Å². The summed E-state index contributed by atoms with van der Waals surface area (Å²) in [5, 5.41) is 0. The van der Waals surface area contributed by atoms with Crippen molar-refractivity contribution in [1.82, 2.24) is 0 Å². The number of hydrogen-bond acceptors (Lipinski definition) is 0. The van der Waals surface area contributed by atoms with Gasteiger partial charge in [0.25, 0.3) is 0 Å². The van der Waals surface area contributed by atoms with Crippen molar-refractivity contribution in [1.29, 1.82) is 0 Å². The molecule has 4 rings (SSSR count). The summed E-state index contributed by atoms with van der Waals surface area (Å²) in [4.78, 5) is 0. The van der Waals surface area contributed by atoms with E-state index in [-0.39, 0.29) is 0 Å². The molecule has 0 aromatic rings. The van der Waals surface area contributed by atoms with E-state index in [4.69, 9.17) is 0 Å². The van der Waals surface area contributed by atoms with Crippen LogP contribution in [0.3, 0.4) is 0 Å². The molecule has 0 amide bonds. The van der Waals surface area contributed by atoms with Crippen LogP contribution in [0.15, 0.2) is 0 Å². The van der Waals surface area contributed by atoms with Crippen molar-refractivity contribution in [2.24, 2.45) is 91.7 Å². The number of unbranched alkanes of at least 4 members (excludes halogenated alkanes) is 1. The lowest BCUT2D eigenvalue weighted by Crippen LogP contribution is -2.32. The first-order valence-electron chi connectivity index (χ1n) is 37.4. The molecule has 0 heterocycles. The van der Waals surface area contributed by atoms with Crippen LogP contribution in [0.25, 0.3) is 0 Å². The largest absolute Gasteiger partial charge is 0.0683 e. The summed E-state index contributed by atoms with van der Waals surface area (Å²) in [7, 11) is 0. The highest BCUT2D eigenvalue weighted by Crippen LogP contribution is 2.49. The van der Waals surface area contributed by atoms with Crippen LogP contribution in [-0.4, -0.2) is 0 Å².